The number of para-hydroxylation sites is 2. The van der Waals surface area contributed by atoms with Crippen LogP contribution in [0.1, 0.15) is 10.4 Å². The van der Waals surface area contributed by atoms with E-state index in [9.17, 15) is 4.79 Å². The number of benzene rings is 3. The number of ether oxygens (including phenoxy) is 1. The Bertz CT molecular complexity index is 1210. The number of anilines is 1. The highest BCUT2D eigenvalue weighted by molar-refractivity contribution is 9.10. The average molecular weight is 482 g/mol. The number of halogens is 1. The van der Waals surface area contributed by atoms with Crippen molar-refractivity contribution in [2.75, 3.05) is 12.4 Å². The Morgan fingerprint density at radius 2 is 1.87 bits per heavy atom. The van der Waals surface area contributed by atoms with Crippen LogP contribution in [0.5, 0.6) is 5.75 Å². The van der Waals surface area contributed by atoms with Gasteiger partial charge in [0.2, 0.25) is 5.89 Å². The summed E-state index contributed by atoms with van der Waals surface area (Å²) in [5.74, 6) is 0.635. The monoisotopic (exact) mass is 481 g/mol. The highest BCUT2D eigenvalue weighted by Gasteiger charge is 2.14. The van der Waals surface area contributed by atoms with Crippen LogP contribution in [0.4, 0.5) is 5.69 Å². The molecule has 0 aliphatic heterocycles. The number of methoxy groups -OCH3 is 1. The first-order valence-electron chi connectivity index (χ1n) is 8.95. The minimum atomic E-state index is -0.367. The average Bonchev–Trinajstić information content (AvgIpc) is 3.18. The predicted octanol–water partition coefficient (Wildman–Crippen LogP) is 5.39. The van der Waals surface area contributed by atoms with E-state index in [-0.39, 0.29) is 11.0 Å². The topological polar surface area (TPSA) is 76.4 Å². The summed E-state index contributed by atoms with van der Waals surface area (Å²) in [6.07, 6.45) is 0. The number of carbonyl (C=O) groups excluding carboxylic acids is 1. The Balaban J connectivity index is 1.44. The molecule has 0 radical (unpaired) electrons. The third-order valence-corrected chi connectivity index (χ3v) is 5.01. The SMILES string of the molecule is COc1ccc(Br)cc1C(=O)NC(=S)Nc1ccc(-c2nc3ccccc3o2)cc1. The molecule has 1 amide bonds. The van der Waals surface area contributed by atoms with Crippen molar-refractivity contribution in [3.63, 3.8) is 0 Å². The molecule has 0 saturated heterocycles. The van der Waals surface area contributed by atoms with E-state index in [1.54, 1.807) is 18.2 Å². The van der Waals surface area contributed by atoms with Gasteiger partial charge in [-0.05, 0) is 66.8 Å². The van der Waals surface area contributed by atoms with Crippen LogP contribution in [0.2, 0.25) is 0 Å². The molecule has 30 heavy (non-hydrogen) atoms. The van der Waals surface area contributed by atoms with Crippen LogP contribution in [0, 0.1) is 0 Å². The largest absolute Gasteiger partial charge is 0.496 e. The minimum absolute atomic E-state index is 0.177. The van der Waals surface area contributed by atoms with Gasteiger partial charge < -0.3 is 14.5 Å². The summed E-state index contributed by atoms with van der Waals surface area (Å²) in [5.41, 5.74) is 3.48. The minimum Gasteiger partial charge on any atom is -0.496 e. The van der Waals surface area contributed by atoms with Crippen molar-refractivity contribution in [3.8, 4) is 17.2 Å². The van der Waals surface area contributed by atoms with Crippen molar-refractivity contribution in [1.29, 1.82) is 0 Å². The molecule has 0 bridgehead atoms. The fourth-order valence-electron chi connectivity index (χ4n) is 2.88. The Kier molecular flexibility index (Phi) is 5.78. The van der Waals surface area contributed by atoms with Crippen molar-refractivity contribution in [2.24, 2.45) is 0 Å². The first-order valence-corrected chi connectivity index (χ1v) is 10.2. The lowest BCUT2D eigenvalue weighted by atomic mass is 10.2. The van der Waals surface area contributed by atoms with E-state index in [0.717, 1.165) is 26.8 Å². The van der Waals surface area contributed by atoms with Crippen LogP contribution in [0.15, 0.2) is 75.6 Å². The molecule has 0 spiro atoms. The van der Waals surface area contributed by atoms with E-state index in [2.05, 4.69) is 31.5 Å². The summed E-state index contributed by atoms with van der Waals surface area (Å²) in [6, 6.07) is 20.2. The highest BCUT2D eigenvalue weighted by Crippen LogP contribution is 2.25. The van der Waals surface area contributed by atoms with Gasteiger partial charge in [0.1, 0.15) is 11.3 Å². The van der Waals surface area contributed by atoms with Gasteiger partial charge in [0.15, 0.2) is 10.7 Å². The van der Waals surface area contributed by atoms with Crippen LogP contribution < -0.4 is 15.4 Å². The zero-order chi connectivity index (χ0) is 21.1. The van der Waals surface area contributed by atoms with Gasteiger partial charge >= 0.3 is 0 Å². The Morgan fingerprint density at radius 3 is 2.60 bits per heavy atom. The molecule has 0 atom stereocenters. The van der Waals surface area contributed by atoms with Crippen molar-refractivity contribution in [2.45, 2.75) is 0 Å². The summed E-state index contributed by atoms with van der Waals surface area (Å²) in [5, 5.41) is 5.83. The number of hydrogen-bond donors (Lipinski definition) is 2. The number of hydrogen-bond acceptors (Lipinski definition) is 5. The maximum absolute atomic E-state index is 12.5. The number of thiocarbonyl (C=S) groups is 1. The number of aromatic nitrogens is 1. The molecule has 0 aliphatic rings. The number of nitrogens with one attached hydrogen (secondary N) is 2. The lowest BCUT2D eigenvalue weighted by Gasteiger charge is -2.12. The van der Waals surface area contributed by atoms with Gasteiger partial charge in [0.25, 0.3) is 5.91 Å². The third kappa shape index (κ3) is 4.34. The zero-order valence-electron chi connectivity index (χ0n) is 15.8. The zero-order valence-corrected chi connectivity index (χ0v) is 18.2. The van der Waals surface area contributed by atoms with Crippen LogP contribution in [0.25, 0.3) is 22.6 Å². The fourth-order valence-corrected chi connectivity index (χ4v) is 3.45. The van der Waals surface area contributed by atoms with Gasteiger partial charge in [-0.1, -0.05) is 28.1 Å². The van der Waals surface area contributed by atoms with Gasteiger partial charge in [-0.3, -0.25) is 10.1 Å². The fraction of sp³-hybridized carbons (Fsp3) is 0.0455. The molecular formula is C22H16BrN3O3S. The summed E-state index contributed by atoms with van der Waals surface area (Å²) in [4.78, 5) is 17.0. The smallest absolute Gasteiger partial charge is 0.261 e. The molecule has 150 valence electrons. The van der Waals surface area contributed by atoms with Crippen LogP contribution in [-0.2, 0) is 0 Å². The molecule has 2 N–H and O–H groups in total. The summed E-state index contributed by atoms with van der Waals surface area (Å²) < 4.78 is 11.8. The van der Waals surface area contributed by atoms with Crippen molar-refractivity contribution < 1.29 is 13.9 Å². The normalized spacial score (nSPS) is 10.6. The number of fused-ring (bicyclic) bond motifs is 1. The van der Waals surface area contributed by atoms with Gasteiger partial charge in [-0.15, -0.1) is 0 Å². The number of amides is 1. The molecular weight excluding hydrogens is 466 g/mol. The maximum Gasteiger partial charge on any atom is 0.261 e. The maximum atomic E-state index is 12.5. The van der Waals surface area contributed by atoms with Crippen molar-refractivity contribution >= 4 is 56.0 Å². The highest BCUT2D eigenvalue weighted by atomic mass is 79.9. The Labute approximate surface area is 186 Å². The first kappa shape index (κ1) is 20.1. The number of oxazole rings is 1. The molecule has 1 aromatic heterocycles. The third-order valence-electron chi connectivity index (χ3n) is 4.32. The molecule has 1 heterocycles. The molecule has 4 aromatic rings. The van der Waals surface area contributed by atoms with Crippen LogP contribution in [0.3, 0.4) is 0 Å². The molecule has 0 aliphatic carbocycles. The molecule has 8 heteroatoms. The summed E-state index contributed by atoms with van der Waals surface area (Å²) >= 11 is 8.62. The second-order valence-corrected chi connectivity index (χ2v) is 7.64. The van der Waals surface area contributed by atoms with Crippen molar-refractivity contribution in [3.05, 3.63) is 76.8 Å². The van der Waals surface area contributed by atoms with E-state index >= 15 is 0 Å². The molecule has 0 saturated carbocycles. The van der Waals surface area contributed by atoms with E-state index in [0.29, 0.717) is 17.2 Å². The summed E-state index contributed by atoms with van der Waals surface area (Å²) in [6.45, 7) is 0. The van der Waals surface area contributed by atoms with Crippen LogP contribution in [-0.4, -0.2) is 23.1 Å². The molecule has 0 unspecified atom stereocenters. The van der Waals surface area contributed by atoms with E-state index in [4.69, 9.17) is 21.4 Å². The lowest BCUT2D eigenvalue weighted by molar-refractivity contribution is 0.0974. The second-order valence-electron chi connectivity index (χ2n) is 6.32. The van der Waals surface area contributed by atoms with Gasteiger partial charge in [0, 0.05) is 15.7 Å². The van der Waals surface area contributed by atoms with E-state index in [1.807, 2.05) is 48.5 Å². The number of carbonyl (C=O) groups is 1. The number of nitrogens with zero attached hydrogens (tertiary/aromatic N) is 1. The summed E-state index contributed by atoms with van der Waals surface area (Å²) in [7, 11) is 1.51. The van der Waals surface area contributed by atoms with E-state index in [1.165, 1.54) is 7.11 Å². The standard InChI is InChI=1S/C22H16BrN3O3S/c1-28-18-11-8-14(23)12-16(18)20(27)26-22(30)24-15-9-6-13(7-10-15)21-25-17-4-2-3-5-19(17)29-21/h2-12H,1H3,(H2,24,26,27,30). The molecule has 3 aromatic carbocycles. The molecule has 0 fully saturated rings. The second kappa shape index (κ2) is 8.64. The number of rotatable bonds is 4. The van der Waals surface area contributed by atoms with Crippen molar-refractivity contribution in [1.82, 2.24) is 10.3 Å². The Hall–Kier alpha value is -3.23. The lowest BCUT2D eigenvalue weighted by Crippen LogP contribution is -2.34. The van der Waals surface area contributed by atoms with E-state index < -0.39 is 0 Å². The van der Waals surface area contributed by atoms with Gasteiger partial charge in [-0.25, -0.2) is 4.98 Å². The van der Waals surface area contributed by atoms with Crippen LogP contribution >= 0.6 is 28.1 Å². The Morgan fingerprint density at radius 1 is 1.10 bits per heavy atom. The predicted molar refractivity (Wildman–Crippen MR) is 124 cm³/mol. The molecule has 4 rings (SSSR count). The van der Waals surface area contributed by atoms with Gasteiger partial charge in [0.05, 0.1) is 12.7 Å². The first-order chi connectivity index (χ1) is 14.5. The quantitative estimate of drug-likeness (QED) is 0.380. The molecule has 6 nitrogen and oxygen atoms in total. The van der Waals surface area contributed by atoms with Gasteiger partial charge in [-0.2, -0.15) is 0 Å².